The summed E-state index contributed by atoms with van der Waals surface area (Å²) in [7, 11) is 0. The number of benzene rings is 3. The Morgan fingerprint density at radius 2 is 1.57 bits per heavy atom. The summed E-state index contributed by atoms with van der Waals surface area (Å²) >= 11 is 7.11. The molecular weight excluding hydrogens is 486 g/mol. The van der Waals surface area contributed by atoms with Crippen LogP contribution >= 0.6 is 31.9 Å². The number of nitrogens with zero attached hydrogens (tertiary/aromatic N) is 1. The SMILES string of the molecule is Brc1ccc([C@@H]2OC(c3ccccc3Br)=Nc3cc4c(cc32)OCCO4)cc1. The number of aliphatic imine (C=N–C) groups is 1. The molecule has 140 valence electrons. The quantitative estimate of drug-likeness (QED) is 0.421. The van der Waals surface area contributed by atoms with Gasteiger partial charge >= 0.3 is 0 Å². The van der Waals surface area contributed by atoms with E-state index in [1.807, 2.05) is 48.5 Å². The van der Waals surface area contributed by atoms with Crippen molar-refractivity contribution in [2.75, 3.05) is 13.2 Å². The second kappa shape index (κ2) is 7.26. The average Bonchev–Trinajstić information content (AvgIpc) is 2.72. The maximum atomic E-state index is 6.41. The summed E-state index contributed by atoms with van der Waals surface area (Å²) in [5.41, 5.74) is 3.74. The van der Waals surface area contributed by atoms with Gasteiger partial charge in [-0.3, -0.25) is 0 Å². The molecule has 0 unspecified atom stereocenters. The summed E-state index contributed by atoms with van der Waals surface area (Å²) in [6.07, 6.45) is -0.293. The minimum Gasteiger partial charge on any atom is -0.486 e. The molecule has 2 aliphatic rings. The molecule has 28 heavy (non-hydrogen) atoms. The van der Waals surface area contributed by atoms with Crippen molar-refractivity contribution in [1.82, 2.24) is 0 Å². The summed E-state index contributed by atoms with van der Waals surface area (Å²) in [4.78, 5) is 4.80. The van der Waals surface area contributed by atoms with Crippen LogP contribution in [0.3, 0.4) is 0 Å². The molecule has 0 saturated carbocycles. The number of hydrogen-bond acceptors (Lipinski definition) is 4. The third-order valence-corrected chi connectivity index (χ3v) is 5.92. The van der Waals surface area contributed by atoms with Crippen LogP contribution in [0.5, 0.6) is 11.5 Å². The van der Waals surface area contributed by atoms with E-state index in [-0.39, 0.29) is 6.10 Å². The van der Waals surface area contributed by atoms with E-state index >= 15 is 0 Å². The lowest BCUT2D eigenvalue weighted by molar-refractivity contribution is 0.170. The van der Waals surface area contributed by atoms with Crippen molar-refractivity contribution in [2.24, 2.45) is 4.99 Å². The highest BCUT2D eigenvalue weighted by molar-refractivity contribution is 9.10. The molecule has 0 saturated heterocycles. The summed E-state index contributed by atoms with van der Waals surface area (Å²) in [5, 5.41) is 0. The van der Waals surface area contributed by atoms with Gasteiger partial charge in [0.05, 0.1) is 11.3 Å². The summed E-state index contributed by atoms with van der Waals surface area (Å²) in [6.45, 7) is 1.08. The molecule has 3 aromatic carbocycles. The predicted molar refractivity (Wildman–Crippen MR) is 115 cm³/mol. The first-order chi connectivity index (χ1) is 13.7. The van der Waals surface area contributed by atoms with Crippen LogP contribution in [0.4, 0.5) is 5.69 Å². The van der Waals surface area contributed by atoms with E-state index in [1.165, 1.54) is 0 Å². The summed E-state index contributed by atoms with van der Waals surface area (Å²) in [6, 6.07) is 20.0. The zero-order chi connectivity index (χ0) is 19.1. The number of fused-ring (bicyclic) bond motifs is 2. The molecule has 0 spiro atoms. The van der Waals surface area contributed by atoms with Gasteiger partial charge in [0.1, 0.15) is 13.2 Å². The maximum Gasteiger partial charge on any atom is 0.223 e. The largest absolute Gasteiger partial charge is 0.486 e. The van der Waals surface area contributed by atoms with Crippen molar-refractivity contribution < 1.29 is 14.2 Å². The van der Waals surface area contributed by atoms with Crippen molar-refractivity contribution in [3.8, 4) is 11.5 Å². The second-order valence-corrected chi connectivity index (χ2v) is 8.27. The van der Waals surface area contributed by atoms with Gasteiger partial charge in [0.15, 0.2) is 17.6 Å². The van der Waals surface area contributed by atoms with Crippen LogP contribution < -0.4 is 9.47 Å². The number of halogens is 2. The predicted octanol–water partition coefficient (Wildman–Crippen LogP) is 6.18. The Hall–Kier alpha value is -2.31. The Morgan fingerprint density at radius 3 is 2.32 bits per heavy atom. The van der Waals surface area contributed by atoms with E-state index in [9.17, 15) is 0 Å². The van der Waals surface area contributed by atoms with Crippen molar-refractivity contribution in [2.45, 2.75) is 6.10 Å². The van der Waals surface area contributed by atoms with Gasteiger partial charge in [0, 0.05) is 20.6 Å². The molecule has 4 nitrogen and oxygen atoms in total. The van der Waals surface area contributed by atoms with Crippen molar-refractivity contribution >= 4 is 43.4 Å². The number of hydrogen-bond donors (Lipinski definition) is 0. The normalized spacial score (nSPS) is 17.4. The zero-order valence-electron chi connectivity index (χ0n) is 14.7. The van der Waals surface area contributed by atoms with E-state index in [0.717, 1.165) is 42.8 Å². The fraction of sp³-hybridized carbons (Fsp3) is 0.136. The number of ether oxygens (including phenoxy) is 3. The molecule has 6 heteroatoms. The van der Waals surface area contributed by atoms with Crippen molar-refractivity contribution in [3.63, 3.8) is 0 Å². The third-order valence-electron chi connectivity index (χ3n) is 4.70. The van der Waals surface area contributed by atoms with Crippen LogP contribution in [0.15, 0.2) is 74.6 Å². The lowest BCUT2D eigenvalue weighted by Gasteiger charge is -2.29. The second-order valence-electron chi connectivity index (χ2n) is 6.50. The van der Waals surface area contributed by atoms with E-state index in [1.54, 1.807) is 0 Å². The Bertz CT molecular complexity index is 1080. The lowest BCUT2D eigenvalue weighted by atomic mass is 9.97. The minimum absolute atomic E-state index is 0.293. The van der Waals surface area contributed by atoms with Crippen LogP contribution in [0.1, 0.15) is 22.8 Å². The van der Waals surface area contributed by atoms with Crippen molar-refractivity contribution in [3.05, 3.63) is 86.3 Å². The van der Waals surface area contributed by atoms with Crippen LogP contribution in [-0.4, -0.2) is 19.1 Å². The van der Waals surface area contributed by atoms with Crippen molar-refractivity contribution in [1.29, 1.82) is 0 Å². The fourth-order valence-electron chi connectivity index (χ4n) is 3.36. The summed E-state index contributed by atoms with van der Waals surface area (Å²) < 4.78 is 19.9. The van der Waals surface area contributed by atoms with Crippen LogP contribution in [0, 0.1) is 0 Å². The maximum absolute atomic E-state index is 6.41. The van der Waals surface area contributed by atoms with Crippen LogP contribution in [-0.2, 0) is 4.74 Å². The Balaban J connectivity index is 1.68. The highest BCUT2D eigenvalue weighted by atomic mass is 79.9. The molecule has 0 N–H and O–H groups in total. The van der Waals surface area contributed by atoms with Gasteiger partial charge in [0.2, 0.25) is 5.90 Å². The topological polar surface area (TPSA) is 40.0 Å². The first-order valence-corrected chi connectivity index (χ1v) is 10.5. The highest BCUT2D eigenvalue weighted by Gasteiger charge is 2.30. The first kappa shape index (κ1) is 17.8. The first-order valence-electron chi connectivity index (χ1n) is 8.88. The van der Waals surface area contributed by atoms with E-state index in [2.05, 4.69) is 44.0 Å². The molecule has 3 aromatic rings. The van der Waals surface area contributed by atoms with Gasteiger partial charge in [-0.25, -0.2) is 4.99 Å². The molecule has 2 heterocycles. The molecule has 2 aliphatic heterocycles. The Morgan fingerprint density at radius 1 is 0.857 bits per heavy atom. The van der Waals surface area contributed by atoms with Gasteiger partial charge in [-0.15, -0.1) is 0 Å². The van der Waals surface area contributed by atoms with Crippen LogP contribution in [0.2, 0.25) is 0 Å². The average molecular weight is 501 g/mol. The van der Waals surface area contributed by atoms with Gasteiger partial charge < -0.3 is 14.2 Å². The highest BCUT2D eigenvalue weighted by Crippen LogP contribution is 2.45. The van der Waals surface area contributed by atoms with Gasteiger partial charge in [0.25, 0.3) is 0 Å². The zero-order valence-corrected chi connectivity index (χ0v) is 17.9. The van der Waals surface area contributed by atoms with E-state index in [0.29, 0.717) is 19.1 Å². The summed E-state index contributed by atoms with van der Waals surface area (Å²) in [5.74, 6) is 2.02. The standard InChI is InChI=1S/C22H15Br2NO3/c23-14-7-5-13(6-8-14)21-16-11-19-20(27-10-9-26-19)12-18(16)25-22(28-21)15-3-1-2-4-17(15)24/h1-8,11-12,21H,9-10H2/t21-/m0/s1. The molecule has 0 radical (unpaired) electrons. The Labute approximate surface area is 179 Å². The molecule has 0 aliphatic carbocycles. The van der Waals surface area contributed by atoms with Crippen LogP contribution in [0.25, 0.3) is 0 Å². The fourth-order valence-corrected chi connectivity index (χ4v) is 4.07. The molecule has 1 atom stereocenters. The molecule has 0 aromatic heterocycles. The minimum atomic E-state index is -0.293. The Kier molecular flexibility index (Phi) is 4.61. The van der Waals surface area contributed by atoms with E-state index in [4.69, 9.17) is 19.2 Å². The van der Waals surface area contributed by atoms with E-state index < -0.39 is 0 Å². The lowest BCUT2D eigenvalue weighted by Crippen LogP contribution is -2.20. The third kappa shape index (κ3) is 3.20. The molecular formula is C22H15Br2NO3. The van der Waals surface area contributed by atoms with Gasteiger partial charge in [-0.05, 0) is 51.8 Å². The van der Waals surface area contributed by atoms with Gasteiger partial charge in [-0.1, -0.05) is 40.2 Å². The van der Waals surface area contributed by atoms with Gasteiger partial charge in [-0.2, -0.15) is 0 Å². The monoisotopic (exact) mass is 499 g/mol. The molecule has 0 fully saturated rings. The molecule has 5 rings (SSSR count). The molecule has 0 amide bonds. The smallest absolute Gasteiger partial charge is 0.223 e. The molecule has 0 bridgehead atoms. The number of rotatable bonds is 2.